The summed E-state index contributed by atoms with van der Waals surface area (Å²) < 4.78 is 1.79. The van der Waals surface area contributed by atoms with Gasteiger partial charge in [0.05, 0.1) is 11.4 Å². The number of hydrogen-bond donors (Lipinski definition) is 0. The fraction of sp³-hybridized carbons (Fsp3) is 0.450. The third kappa shape index (κ3) is 2.74. The monoisotopic (exact) mass is 348 g/mol. The van der Waals surface area contributed by atoms with Gasteiger partial charge < -0.3 is 4.90 Å². The Bertz CT molecular complexity index is 925. The Hall–Kier alpha value is -2.47. The number of piperazine rings is 1. The van der Waals surface area contributed by atoms with Crippen LogP contribution in [0.25, 0.3) is 5.65 Å². The lowest BCUT2D eigenvalue weighted by Crippen LogP contribution is -2.51. The Morgan fingerprint density at radius 1 is 1.04 bits per heavy atom. The van der Waals surface area contributed by atoms with Crippen molar-refractivity contribution in [1.82, 2.24) is 24.7 Å². The summed E-state index contributed by atoms with van der Waals surface area (Å²) in [5.41, 5.74) is 6.10. The highest BCUT2D eigenvalue weighted by Gasteiger charge is 2.28. The standard InChI is InChI=1S/C20H24N6/c1-15-12-19(20-22-21-14-26(20)23-15)25-10-8-24(9-11-25)18-7-6-16-4-2-3-5-17(16)13-18/h2-5,12,14,18H,6-11,13H2,1H3. The molecule has 0 saturated carbocycles. The highest BCUT2D eigenvalue weighted by atomic mass is 15.4. The SMILES string of the molecule is Cc1cc(N2CCN(C3CCc4ccccc4C3)CC2)c2nncn2n1. The van der Waals surface area contributed by atoms with E-state index in [4.69, 9.17) is 0 Å². The molecule has 2 aliphatic rings. The molecule has 1 atom stereocenters. The zero-order valence-electron chi connectivity index (χ0n) is 15.2. The number of benzene rings is 1. The number of hydrogen-bond acceptors (Lipinski definition) is 5. The van der Waals surface area contributed by atoms with Crippen molar-refractivity contribution in [3.05, 3.63) is 53.5 Å². The summed E-state index contributed by atoms with van der Waals surface area (Å²) in [6.07, 6.45) is 5.37. The minimum Gasteiger partial charge on any atom is -0.366 e. The van der Waals surface area contributed by atoms with Crippen molar-refractivity contribution < 1.29 is 0 Å². The Labute approximate surface area is 153 Å². The first-order chi connectivity index (χ1) is 12.8. The van der Waals surface area contributed by atoms with Crippen molar-refractivity contribution in [3.8, 4) is 0 Å². The second kappa shape index (κ2) is 6.36. The molecule has 26 heavy (non-hydrogen) atoms. The summed E-state index contributed by atoms with van der Waals surface area (Å²) in [6, 6.07) is 11.8. The summed E-state index contributed by atoms with van der Waals surface area (Å²) in [5.74, 6) is 0. The fourth-order valence-corrected chi connectivity index (χ4v) is 4.48. The van der Waals surface area contributed by atoms with Crippen molar-refractivity contribution in [2.75, 3.05) is 31.1 Å². The third-order valence-corrected chi connectivity index (χ3v) is 5.86. The molecule has 6 nitrogen and oxygen atoms in total. The molecule has 1 aliphatic heterocycles. The molecular formula is C20H24N6. The van der Waals surface area contributed by atoms with E-state index in [1.54, 1.807) is 22.0 Å². The van der Waals surface area contributed by atoms with Gasteiger partial charge in [-0.3, -0.25) is 4.90 Å². The van der Waals surface area contributed by atoms with Gasteiger partial charge in [0.1, 0.15) is 6.33 Å². The Kier molecular flexibility index (Phi) is 3.85. The van der Waals surface area contributed by atoms with Crippen LogP contribution in [0, 0.1) is 6.92 Å². The van der Waals surface area contributed by atoms with E-state index in [2.05, 4.69) is 55.4 Å². The number of nitrogens with zero attached hydrogens (tertiary/aromatic N) is 6. The molecule has 3 heterocycles. The summed E-state index contributed by atoms with van der Waals surface area (Å²) in [4.78, 5) is 5.12. The molecule has 0 bridgehead atoms. The van der Waals surface area contributed by atoms with E-state index in [1.165, 1.54) is 19.3 Å². The van der Waals surface area contributed by atoms with E-state index >= 15 is 0 Å². The predicted octanol–water partition coefficient (Wildman–Crippen LogP) is 2.11. The molecule has 3 aromatic rings. The first-order valence-electron chi connectivity index (χ1n) is 9.51. The van der Waals surface area contributed by atoms with Gasteiger partial charge in [-0.05, 0) is 43.4 Å². The highest BCUT2D eigenvalue weighted by Crippen LogP contribution is 2.27. The van der Waals surface area contributed by atoms with Crippen molar-refractivity contribution in [1.29, 1.82) is 0 Å². The maximum Gasteiger partial charge on any atom is 0.200 e. The molecular weight excluding hydrogens is 324 g/mol. The van der Waals surface area contributed by atoms with Crippen LogP contribution in [0.15, 0.2) is 36.7 Å². The summed E-state index contributed by atoms with van der Waals surface area (Å²) in [7, 11) is 0. The minimum atomic E-state index is 0.680. The van der Waals surface area contributed by atoms with Crippen molar-refractivity contribution in [2.24, 2.45) is 0 Å². The lowest BCUT2D eigenvalue weighted by molar-refractivity contribution is 0.170. The van der Waals surface area contributed by atoms with Crippen molar-refractivity contribution >= 4 is 11.3 Å². The lowest BCUT2D eigenvalue weighted by atomic mass is 9.87. The van der Waals surface area contributed by atoms with E-state index in [1.807, 2.05) is 6.92 Å². The Balaban J connectivity index is 1.30. The number of aromatic nitrogens is 4. The molecule has 1 saturated heterocycles. The third-order valence-electron chi connectivity index (χ3n) is 5.86. The minimum absolute atomic E-state index is 0.680. The van der Waals surface area contributed by atoms with E-state index < -0.39 is 0 Å². The highest BCUT2D eigenvalue weighted by molar-refractivity contribution is 5.68. The Morgan fingerprint density at radius 2 is 1.85 bits per heavy atom. The number of fused-ring (bicyclic) bond motifs is 2. The van der Waals surface area contributed by atoms with Gasteiger partial charge in [-0.15, -0.1) is 10.2 Å². The second-order valence-corrected chi connectivity index (χ2v) is 7.46. The van der Waals surface area contributed by atoms with Crippen molar-refractivity contribution in [2.45, 2.75) is 32.2 Å². The topological polar surface area (TPSA) is 49.6 Å². The summed E-state index contributed by atoms with van der Waals surface area (Å²) in [6.45, 7) is 6.30. The molecule has 6 heteroatoms. The molecule has 0 N–H and O–H groups in total. The molecule has 1 fully saturated rings. The normalized spacial score (nSPS) is 21.1. The van der Waals surface area contributed by atoms with Crippen LogP contribution in [-0.4, -0.2) is 56.9 Å². The van der Waals surface area contributed by atoms with Gasteiger partial charge in [-0.25, -0.2) is 0 Å². The zero-order valence-corrected chi connectivity index (χ0v) is 15.2. The molecule has 1 aromatic carbocycles. The molecule has 0 spiro atoms. The van der Waals surface area contributed by atoms with E-state index in [-0.39, 0.29) is 0 Å². The van der Waals surface area contributed by atoms with Gasteiger partial charge in [-0.2, -0.15) is 9.61 Å². The fourth-order valence-electron chi connectivity index (χ4n) is 4.48. The van der Waals surface area contributed by atoms with Gasteiger partial charge in [0.15, 0.2) is 0 Å². The molecule has 5 rings (SSSR count). The quantitative estimate of drug-likeness (QED) is 0.710. The van der Waals surface area contributed by atoms with Gasteiger partial charge in [0, 0.05) is 32.2 Å². The van der Waals surface area contributed by atoms with Gasteiger partial charge in [0.25, 0.3) is 0 Å². The largest absolute Gasteiger partial charge is 0.366 e. The first kappa shape index (κ1) is 15.8. The smallest absolute Gasteiger partial charge is 0.200 e. The molecule has 134 valence electrons. The van der Waals surface area contributed by atoms with E-state index in [9.17, 15) is 0 Å². The molecule has 2 aromatic heterocycles. The van der Waals surface area contributed by atoms with E-state index in [0.717, 1.165) is 43.2 Å². The van der Waals surface area contributed by atoms with Gasteiger partial charge in [0.2, 0.25) is 5.65 Å². The Morgan fingerprint density at radius 3 is 2.69 bits per heavy atom. The average molecular weight is 348 g/mol. The number of aryl methyl sites for hydroxylation is 2. The summed E-state index contributed by atoms with van der Waals surface area (Å²) >= 11 is 0. The number of rotatable bonds is 2. The van der Waals surface area contributed by atoms with Crippen LogP contribution >= 0.6 is 0 Å². The van der Waals surface area contributed by atoms with Crippen LogP contribution in [0.4, 0.5) is 5.69 Å². The van der Waals surface area contributed by atoms with Crippen LogP contribution in [-0.2, 0) is 12.8 Å². The average Bonchev–Trinajstić information content (AvgIpc) is 3.15. The molecule has 1 aliphatic carbocycles. The maximum atomic E-state index is 4.46. The van der Waals surface area contributed by atoms with Crippen LogP contribution < -0.4 is 4.90 Å². The van der Waals surface area contributed by atoms with Crippen molar-refractivity contribution in [3.63, 3.8) is 0 Å². The van der Waals surface area contributed by atoms with E-state index in [0.29, 0.717) is 6.04 Å². The molecule has 1 unspecified atom stereocenters. The van der Waals surface area contributed by atoms with Gasteiger partial charge in [-0.1, -0.05) is 24.3 Å². The van der Waals surface area contributed by atoms with Gasteiger partial charge >= 0.3 is 0 Å². The summed E-state index contributed by atoms with van der Waals surface area (Å²) in [5, 5.41) is 12.7. The predicted molar refractivity (Wildman–Crippen MR) is 102 cm³/mol. The van der Waals surface area contributed by atoms with Crippen LogP contribution in [0.2, 0.25) is 0 Å². The molecule has 0 amide bonds. The lowest BCUT2D eigenvalue weighted by Gasteiger charge is -2.41. The zero-order chi connectivity index (χ0) is 17.5. The van der Waals surface area contributed by atoms with Crippen LogP contribution in [0.5, 0.6) is 0 Å². The second-order valence-electron chi connectivity index (χ2n) is 7.46. The first-order valence-corrected chi connectivity index (χ1v) is 9.51. The number of anilines is 1. The maximum absolute atomic E-state index is 4.46. The van der Waals surface area contributed by atoms with Crippen LogP contribution in [0.1, 0.15) is 23.2 Å². The van der Waals surface area contributed by atoms with Crippen LogP contribution in [0.3, 0.4) is 0 Å². The molecule has 0 radical (unpaired) electrons.